The molecule has 0 aliphatic carbocycles. The zero-order valence-corrected chi connectivity index (χ0v) is 15.8. The molecule has 0 bridgehead atoms. The Bertz CT molecular complexity index is 701. The molecule has 1 aliphatic heterocycles. The van der Waals surface area contributed by atoms with Gasteiger partial charge < -0.3 is 25.4 Å². The SMILES string of the molecule is COC(=O)C1CCN(C(=O)COC(=O)[C@H](Cc2ccccc2)NC(N)=O)CC1. The number of urea groups is 1. The molecule has 0 aromatic heterocycles. The lowest BCUT2D eigenvalue weighted by Crippen LogP contribution is -2.47. The summed E-state index contributed by atoms with van der Waals surface area (Å²) in [5.41, 5.74) is 5.95. The third-order valence-corrected chi connectivity index (χ3v) is 4.60. The second kappa shape index (κ2) is 10.3. The van der Waals surface area contributed by atoms with E-state index in [1.54, 1.807) is 17.0 Å². The van der Waals surface area contributed by atoms with Gasteiger partial charge in [0.15, 0.2) is 6.61 Å². The molecule has 0 saturated carbocycles. The van der Waals surface area contributed by atoms with Gasteiger partial charge in [0.05, 0.1) is 13.0 Å². The van der Waals surface area contributed by atoms with Crippen LogP contribution in [0.4, 0.5) is 4.79 Å². The van der Waals surface area contributed by atoms with Crippen molar-refractivity contribution in [2.24, 2.45) is 11.7 Å². The van der Waals surface area contributed by atoms with Gasteiger partial charge in [0.1, 0.15) is 6.04 Å². The van der Waals surface area contributed by atoms with E-state index in [1.807, 2.05) is 18.2 Å². The second-order valence-corrected chi connectivity index (χ2v) is 6.54. The molecule has 9 nitrogen and oxygen atoms in total. The van der Waals surface area contributed by atoms with Crippen molar-refractivity contribution in [2.45, 2.75) is 25.3 Å². The number of rotatable bonds is 7. The maximum Gasteiger partial charge on any atom is 0.329 e. The van der Waals surface area contributed by atoms with Gasteiger partial charge in [-0.1, -0.05) is 30.3 Å². The summed E-state index contributed by atoms with van der Waals surface area (Å²) in [7, 11) is 1.34. The summed E-state index contributed by atoms with van der Waals surface area (Å²) in [5, 5.41) is 2.34. The van der Waals surface area contributed by atoms with Crippen molar-refractivity contribution >= 4 is 23.9 Å². The topological polar surface area (TPSA) is 128 Å². The van der Waals surface area contributed by atoms with Crippen LogP contribution in [0, 0.1) is 5.92 Å². The van der Waals surface area contributed by atoms with Crippen LogP contribution in [0.5, 0.6) is 0 Å². The highest BCUT2D eigenvalue weighted by atomic mass is 16.5. The largest absolute Gasteiger partial charge is 0.469 e. The monoisotopic (exact) mass is 391 g/mol. The molecule has 3 amide bonds. The predicted octanol–water partition coefficient (Wildman–Crippen LogP) is 0.221. The average molecular weight is 391 g/mol. The minimum absolute atomic E-state index is 0.196. The van der Waals surface area contributed by atoms with E-state index in [2.05, 4.69) is 5.32 Å². The van der Waals surface area contributed by atoms with E-state index in [1.165, 1.54) is 7.11 Å². The molecular formula is C19H25N3O6. The summed E-state index contributed by atoms with van der Waals surface area (Å²) in [6.45, 7) is 0.347. The van der Waals surface area contributed by atoms with Crippen molar-refractivity contribution in [3.63, 3.8) is 0 Å². The van der Waals surface area contributed by atoms with Crippen LogP contribution in [-0.4, -0.2) is 61.6 Å². The fourth-order valence-electron chi connectivity index (χ4n) is 3.07. The lowest BCUT2D eigenvalue weighted by molar-refractivity contribution is -0.155. The van der Waals surface area contributed by atoms with Gasteiger partial charge in [0.25, 0.3) is 5.91 Å². The second-order valence-electron chi connectivity index (χ2n) is 6.54. The van der Waals surface area contributed by atoms with Crippen molar-refractivity contribution in [1.29, 1.82) is 0 Å². The smallest absolute Gasteiger partial charge is 0.329 e. The molecule has 1 atom stereocenters. The standard InChI is InChI=1S/C19H25N3O6/c1-27-17(24)14-7-9-22(10-8-14)16(23)12-28-18(25)15(21-19(20)26)11-13-5-3-2-4-6-13/h2-6,14-15H,7-12H2,1H3,(H3,20,21,26)/t15-/m0/s1. The van der Waals surface area contributed by atoms with E-state index < -0.39 is 24.6 Å². The molecule has 1 aromatic carbocycles. The van der Waals surface area contributed by atoms with Crippen LogP contribution in [0.3, 0.4) is 0 Å². The van der Waals surface area contributed by atoms with Crippen LogP contribution in [0.2, 0.25) is 0 Å². The third kappa shape index (κ3) is 6.26. The number of nitrogens with two attached hydrogens (primary N) is 1. The van der Waals surface area contributed by atoms with E-state index in [-0.39, 0.29) is 24.2 Å². The lowest BCUT2D eigenvalue weighted by Gasteiger charge is -2.30. The number of ether oxygens (including phenoxy) is 2. The quantitative estimate of drug-likeness (QED) is 0.640. The van der Waals surface area contributed by atoms with Gasteiger partial charge in [0, 0.05) is 19.5 Å². The van der Waals surface area contributed by atoms with Gasteiger partial charge in [-0.2, -0.15) is 0 Å². The minimum Gasteiger partial charge on any atom is -0.469 e. The van der Waals surface area contributed by atoms with Crippen molar-refractivity contribution in [2.75, 3.05) is 26.8 Å². The van der Waals surface area contributed by atoms with E-state index in [0.29, 0.717) is 25.9 Å². The molecule has 0 radical (unpaired) electrons. The molecule has 1 aromatic rings. The maximum absolute atomic E-state index is 12.3. The Morgan fingerprint density at radius 3 is 2.39 bits per heavy atom. The third-order valence-electron chi connectivity index (χ3n) is 4.60. The fraction of sp³-hybridized carbons (Fsp3) is 0.474. The first-order valence-electron chi connectivity index (χ1n) is 9.02. The number of carbonyl (C=O) groups is 4. The minimum atomic E-state index is -0.988. The Morgan fingerprint density at radius 2 is 1.82 bits per heavy atom. The maximum atomic E-state index is 12.3. The van der Waals surface area contributed by atoms with E-state index in [0.717, 1.165) is 5.56 Å². The number of methoxy groups -OCH3 is 1. The van der Waals surface area contributed by atoms with Crippen LogP contribution >= 0.6 is 0 Å². The first kappa shape index (κ1) is 21.2. The Morgan fingerprint density at radius 1 is 1.18 bits per heavy atom. The van der Waals surface area contributed by atoms with Crippen LogP contribution in [0.15, 0.2) is 30.3 Å². The number of carbonyl (C=O) groups excluding carboxylic acids is 4. The Kier molecular flexibility index (Phi) is 7.79. The van der Waals surface area contributed by atoms with E-state index >= 15 is 0 Å². The van der Waals surface area contributed by atoms with Crippen LogP contribution in [0.1, 0.15) is 18.4 Å². The van der Waals surface area contributed by atoms with E-state index in [9.17, 15) is 19.2 Å². The highest BCUT2D eigenvalue weighted by Gasteiger charge is 2.29. The normalized spacial score (nSPS) is 15.4. The molecule has 0 unspecified atom stereocenters. The lowest BCUT2D eigenvalue weighted by atomic mass is 9.97. The van der Waals surface area contributed by atoms with Gasteiger partial charge in [-0.05, 0) is 18.4 Å². The van der Waals surface area contributed by atoms with Crippen molar-refractivity contribution in [1.82, 2.24) is 10.2 Å². The average Bonchev–Trinajstić information content (AvgIpc) is 2.71. The molecule has 1 aliphatic rings. The number of benzene rings is 1. The van der Waals surface area contributed by atoms with Crippen molar-refractivity contribution in [3.8, 4) is 0 Å². The summed E-state index contributed by atoms with van der Waals surface area (Å²) in [4.78, 5) is 48.9. The molecule has 152 valence electrons. The Balaban J connectivity index is 1.85. The molecule has 3 N–H and O–H groups in total. The zero-order chi connectivity index (χ0) is 20.5. The number of nitrogens with one attached hydrogen (secondary N) is 1. The molecule has 28 heavy (non-hydrogen) atoms. The summed E-state index contributed by atoms with van der Waals surface area (Å²) in [5.74, 6) is -1.58. The summed E-state index contributed by atoms with van der Waals surface area (Å²) in [6, 6.07) is 7.22. The summed E-state index contributed by atoms with van der Waals surface area (Å²) >= 11 is 0. The molecule has 0 spiro atoms. The number of hydrogen-bond acceptors (Lipinski definition) is 6. The van der Waals surface area contributed by atoms with Crippen LogP contribution < -0.4 is 11.1 Å². The molecule has 2 rings (SSSR count). The predicted molar refractivity (Wildman–Crippen MR) is 98.9 cm³/mol. The number of esters is 2. The summed E-state index contributed by atoms with van der Waals surface area (Å²) < 4.78 is 9.81. The number of piperidine rings is 1. The van der Waals surface area contributed by atoms with Gasteiger partial charge in [-0.25, -0.2) is 9.59 Å². The fourth-order valence-corrected chi connectivity index (χ4v) is 3.07. The van der Waals surface area contributed by atoms with Gasteiger partial charge in [-0.3, -0.25) is 9.59 Å². The summed E-state index contributed by atoms with van der Waals surface area (Å²) in [6.07, 6.45) is 1.21. The number of primary amides is 1. The van der Waals surface area contributed by atoms with Crippen molar-refractivity contribution < 1.29 is 28.7 Å². The Hall–Kier alpha value is -3.10. The number of likely N-dealkylation sites (tertiary alicyclic amines) is 1. The number of nitrogens with zero attached hydrogens (tertiary/aromatic N) is 1. The first-order chi connectivity index (χ1) is 13.4. The zero-order valence-electron chi connectivity index (χ0n) is 15.8. The number of amides is 3. The molecule has 9 heteroatoms. The van der Waals surface area contributed by atoms with Crippen molar-refractivity contribution in [3.05, 3.63) is 35.9 Å². The highest BCUT2D eigenvalue weighted by Crippen LogP contribution is 2.18. The number of hydrogen-bond donors (Lipinski definition) is 2. The molecule has 1 fully saturated rings. The first-order valence-corrected chi connectivity index (χ1v) is 9.02. The van der Waals surface area contributed by atoms with Crippen LogP contribution in [-0.2, 0) is 30.3 Å². The van der Waals surface area contributed by atoms with Gasteiger partial charge in [0.2, 0.25) is 0 Å². The van der Waals surface area contributed by atoms with Gasteiger partial charge in [-0.15, -0.1) is 0 Å². The highest BCUT2D eigenvalue weighted by molar-refractivity contribution is 5.85. The molecule has 1 heterocycles. The van der Waals surface area contributed by atoms with E-state index in [4.69, 9.17) is 15.2 Å². The molecule has 1 saturated heterocycles. The molecular weight excluding hydrogens is 366 g/mol. The van der Waals surface area contributed by atoms with Crippen LogP contribution in [0.25, 0.3) is 0 Å². The van der Waals surface area contributed by atoms with Gasteiger partial charge >= 0.3 is 18.0 Å². The Labute approximate surface area is 163 Å².